The number of hydrogen-bond donors (Lipinski definition) is 3. The third kappa shape index (κ3) is 6.50. The van der Waals surface area contributed by atoms with Gasteiger partial charge in [-0.2, -0.15) is 36.1 Å². The van der Waals surface area contributed by atoms with Gasteiger partial charge < -0.3 is 14.2 Å². The van der Waals surface area contributed by atoms with Crippen molar-refractivity contribution in [2.75, 3.05) is 0 Å². The lowest BCUT2D eigenvalue weighted by molar-refractivity contribution is -0.143. The van der Waals surface area contributed by atoms with Gasteiger partial charge in [-0.05, 0) is 62.1 Å². The number of H-pyrrole nitrogens is 1. The summed E-state index contributed by atoms with van der Waals surface area (Å²) in [6.07, 6.45) is -2.73. The van der Waals surface area contributed by atoms with E-state index in [1.54, 1.807) is 0 Å². The first-order valence-electron chi connectivity index (χ1n) is 11.8. The number of carbonyl (C=O) groups excluding carboxylic acids is 1. The molecule has 5 rings (SSSR count). The van der Waals surface area contributed by atoms with Crippen LogP contribution in [0.4, 0.5) is 13.2 Å². The van der Waals surface area contributed by atoms with Gasteiger partial charge in [0.1, 0.15) is 17.0 Å². The van der Waals surface area contributed by atoms with Crippen LogP contribution in [0.3, 0.4) is 0 Å². The Morgan fingerprint density at radius 1 is 1.07 bits per heavy atom. The van der Waals surface area contributed by atoms with E-state index in [4.69, 9.17) is 32.1 Å². The second kappa shape index (κ2) is 10.3. The van der Waals surface area contributed by atoms with Gasteiger partial charge in [0, 0.05) is 6.04 Å². The number of nitrogens with zero attached hydrogens (tertiary/aromatic N) is 2. The SMILES string of the molecule is O=C(NC1CC1)C1(NS(=O)(=O)Oc2ccc(Oc3c(Cl)cc(-n4nc(C(F)(F)F)c(=O)[nH]c4=O)cc3Cl)cc2)CC1. The van der Waals surface area contributed by atoms with Gasteiger partial charge in [0.2, 0.25) is 11.6 Å². The Balaban J connectivity index is 1.29. The normalized spacial score (nSPS) is 16.2. The highest BCUT2D eigenvalue weighted by Gasteiger charge is 2.54. The topological polar surface area (TPSA) is 161 Å². The minimum absolute atomic E-state index is 0.0711. The zero-order valence-electron chi connectivity index (χ0n) is 20.4. The van der Waals surface area contributed by atoms with Crippen molar-refractivity contribution < 1.29 is 35.3 Å². The molecular formula is C23H18Cl2F3N5O7S. The molecule has 2 saturated carbocycles. The Morgan fingerprint density at radius 3 is 2.20 bits per heavy atom. The fraction of sp³-hybridized carbons (Fsp3) is 0.304. The maximum Gasteiger partial charge on any atom is 0.440 e. The van der Waals surface area contributed by atoms with Crippen LogP contribution in [-0.4, -0.2) is 40.7 Å². The predicted molar refractivity (Wildman–Crippen MR) is 138 cm³/mol. The van der Waals surface area contributed by atoms with Gasteiger partial charge in [0.15, 0.2) is 5.75 Å². The van der Waals surface area contributed by atoms with Gasteiger partial charge in [0.05, 0.1) is 15.7 Å². The van der Waals surface area contributed by atoms with E-state index in [0.29, 0.717) is 12.8 Å². The van der Waals surface area contributed by atoms with E-state index in [2.05, 4.69) is 15.1 Å². The lowest BCUT2D eigenvalue weighted by Crippen LogP contribution is -2.50. The van der Waals surface area contributed by atoms with E-state index in [-0.39, 0.29) is 43.7 Å². The van der Waals surface area contributed by atoms with Crippen LogP contribution < -0.4 is 30.2 Å². The van der Waals surface area contributed by atoms with E-state index in [1.165, 1.54) is 29.2 Å². The van der Waals surface area contributed by atoms with Gasteiger partial charge in [-0.1, -0.05) is 23.2 Å². The van der Waals surface area contributed by atoms with Crippen molar-refractivity contribution in [1.82, 2.24) is 24.8 Å². The van der Waals surface area contributed by atoms with E-state index < -0.39 is 44.9 Å². The molecule has 3 aromatic rings. The molecule has 218 valence electrons. The first-order valence-corrected chi connectivity index (χ1v) is 13.9. The lowest BCUT2D eigenvalue weighted by atomic mass is 10.3. The fourth-order valence-electron chi connectivity index (χ4n) is 3.65. The average molecular weight is 636 g/mol. The van der Waals surface area contributed by atoms with Crippen molar-refractivity contribution >= 4 is 39.4 Å². The molecule has 0 saturated heterocycles. The van der Waals surface area contributed by atoms with E-state index in [9.17, 15) is 36.0 Å². The molecule has 0 bridgehead atoms. The van der Waals surface area contributed by atoms with Crippen LogP contribution in [0, 0.1) is 0 Å². The molecule has 41 heavy (non-hydrogen) atoms. The summed E-state index contributed by atoms with van der Waals surface area (Å²) < 4.78 is 77.5. The van der Waals surface area contributed by atoms with Crippen LogP contribution in [-0.2, 0) is 21.3 Å². The molecule has 0 radical (unpaired) electrons. The van der Waals surface area contributed by atoms with Gasteiger partial charge in [-0.3, -0.25) is 14.6 Å². The van der Waals surface area contributed by atoms with Crippen molar-refractivity contribution in [3.05, 3.63) is 73.0 Å². The van der Waals surface area contributed by atoms with Crippen LogP contribution in [0.25, 0.3) is 5.69 Å². The van der Waals surface area contributed by atoms with Crippen LogP contribution >= 0.6 is 23.2 Å². The van der Waals surface area contributed by atoms with Gasteiger partial charge >= 0.3 is 22.2 Å². The Kier molecular flexibility index (Phi) is 7.30. The molecule has 2 aliphatic rings. The number of benzene rings is 2. The summed E-state index contributed by atoms with van der Waals surface area (Å²) in [6, 6.07) is 7.32. The molecule has 0 unspecified atom stereocenters. The van der Waals surface area contributed by atoms with Crippen molar-refractivity contribution in [2.24, 2.45) is 0 Å². The highest BCUT2D eigenvalue weighted by atomic mass is 35.5. The Hall–Kier alpha value is -3.60. The molecule has 1 heterocycles. The van der Waals surface area contributed by atoms with Crippen molar-refractivity contribution in [3.63, 3.8) is 0 Å². The number of halogens is 5. The molecule has 12 nitrogen and oxygen atoms in total. The van der Waals surface area contributed by atoms with Crippen LogP contribution in [0.1, 0.15) is 31.4 Å². The van der Waals surface area contributed by atoms with Crippen molar-refractivity contribution in [2.45, 2.75) is 43.4 Å². The highest BCUT2D eigenvalue weighted by Crippen LogP contribution is 2.39. The quantitative estimate of drug-likeness (QED) is 0.323. The molecule has 0 aliphatic heterocycles. The maximum absolute atomic E-state index is 13.1. The number of rotatable bonds is 9. The number of nitrogens with one attached hydrogen (secondary N) is 3. The van der Waals surface area contributed by atoms with Gasteiger partial charge in [0.25, 0.3) is 5.56 Å². The summed E-state index contributed by atoms with van der Waals surface area (Å²) in [5.41, 5.74) is -6.34. The summed E-state index contributed by atoms with van der Waals surface area (Å²) in [7, 11) is -4.35. The maximum atomic E-state index is 13.1. The first kappa shape index (κ1) is 28.9. The summed E-state index contributed by atoms with van der Waals surface area (Å²) in [4.78, 5) is 37.5. The largest absolute Gasteiger partial charge is 0.454 e. The monoisotopic (exact) mass is 635 g/mol. The molecule has 3 N–H and O–H groups in total. The molecule has 18 heteroatoms. The molecule has 0 spiro atoms. The van der Waals surface area contributed by atoms with Crippen molar-refractivity contribution in [1.29, 1.82) is 0 Å². The minimum atomic E-state index is -5.13. The Labute approximate surface area is 238 Å². The second-order valence-electron chi connectivity index (χ2n) is 9.30. The summed E-state index contributed by atoms with van der Waals surface area (Å²) in [5.74, 6) is -0.524. The molecule has 2 aliphatic carbocycles. The summed E-state index contributed by atoms with van der Waals surface area (Å²) in [5, 5.41) is 5.40. The second-order valence-corrected chi connectivity index (χ2v) is 11.4. The van der Waals surface area contributed by atoms with E-state index in [0.717, 1.165) is 25.0 Å². The van der Waals surface area contributed by atoms with Crippen molar-refractivity contribution in [3.8, 4) is 22.9 Å². The number of ether oxygens (including phenoxy) is 1. The third-order valence-electron chi connectivity index (χ3n) is 5.99. The zero-order valence-corrected chi connectivity index (χ0v) is 22.7. The number of alkyl halides is 3. The molecular weight excluding hydrogens is 618 g/mol. The molecule has 0 atom stereocenters. The number of aromatic amines is 1. The Bertz CT molecular complexity index is 1730. The smallest absolute Gasteiger partial charge is 0.440 e. The number of amides is 1. The highest BCUT2D eigenvalue weighted by molar-refractivity contribution is 7.85. The molecule has 1 aromatic heterocycles. The van der Waals surface area contributed by atoms with E-state index in [1.807, 2.05) is 0 Å². The molecule has 2 aromatic carbocycles. The lowest BCUT2D eigenvalue weighted by Gasteiger charge is -2.17. The standard InChI is InChI=1S/C23H18Cl2F3N5O7S/c24-15-9-12(33-21(36)30-19(34)18(31-33)23(26,27)28)10-16(25)17(15)39-13-3-5-14(6-4-13)40-41(37,38)32-22(7-8-22)20(35)29-11-1-2-11/h3-6,9-11,32H,1-2,7-8H2,(H,29,35)(H,30,34,36). The number of carbonyl (C=O) groups is 1. The number of hydrogen-bond acceptors (Lipinski definition) is 8. The van der Waals surface area contributed by atoms with E-state index >= 15 is 0 Å². The van der Waals surface area contributed by atoms with Gasteiger partial charge in [-0.25, -0.2) is 4.79 Å². The molecule has 2 fully saturated rings. The summed E-state index contributed by atoms with van der Waals surface area (Å²) in [6.45, 7) is 0. The Morgan fingerprint density at radius 2 is 1.66 bits per heavy atom. The van der Waals surface area contributed by atoms with Gasteiger partial charge in [-0.15, -0.1) is 0 Å². The third-order valence-corrected chi connectivity index (χ3v) is 7.61. The fourth-order valence-corrected chi connectivity index (χ4v) is 5.38. The average Bonchev–Trinajstić information content (AvgIpc) is 3.79. The number of aromatic nitrogens is 3. The molecule has 1 amide bonds. The zero-order chi connectivity index (χ0) is 29.7. The summed E-state index contributed by atoms with van der Waals surface area (Å²) >= 11 is 12.4. The van der Waals surface area contributed by atoms with Crippen LogP contribution in [0.5, 0.6) is 17.2 Å². The predicted octanol–water partition coefficient (Wildman–Crippen LogP) is 3.06. The van der Waals surface area contributed by atoms with Crippen LogP contribution in [0.15, 0.2) is 46.0 Å². The first-order chi connectivity index (χ1) is 19.2. The minimum Gasteiger partial charge on any atom is -0.454 e. The van der Waals surface area contributed by atoms with Crippen LogP contribution in [0.2, 0.25) is 10.0 Å².